The average molecular weight is 327 g/mol. The number of allylic oxidation sites excluding steroid dienone is 2. The number of halogens is 2. The molecule has 134 valence electrons. The Balaban J connectivity index is 1.75. The van der Waals surface area contributed by atoms with Crippen molar-refractivity contribution in [2.75, 3.05) is 0 Å². The van der Waals surface area contributed by atoms with E-state index in [0.29, 0.717) is 0 Å². The molecule has 0 nitrogen and oxygen atoms in total. The molecule has 0 N–H and O–H groups in total. The Labute approximate surface area is 142 Å². The monoisotopic (exact) mass is 326 g/mol. The SMILES string of the molecule is CCCC(C)CCC[C@H]1CC=C(C2CCC(C)C(F)C2F)CC1. The van der Waals surface area contributed by atoms with Crippen LogP contribution in [-0.4, -0.2) is 12.3 Å². The smallest absolute Gasteiger partial charge is 0.138 e. The molecule has 5 unspecified atom stereocenters. The Morgan fingerprint density at radius 1 is 1.13 bits per heavy atom. The maximum atomic E-state index is 14.3. The molecule has 0 aromatic heterocycles. The summed E-state index contributed by atoms with van der Waals surface area (Å²) in [5.74, 6) is 1.39. The molecule has 0 amide bonds. The van der Waals surface area contributed by atoms with Crippen molar-refractivity contribution >= 4 is 0 Å². The molecule has 0 bridgehead atoms. The van der Waals surface area contributed by atoms with Gasteiger partial charge in [0, 0.05) is 5.92 Å². The van der Waals surface area contributed by atoms with E-state index in [9.17, 15) is 8.78 Å². The molecule has 0 aromatic carbocycles. The first-order valence-corrected chi connectivity index (χ1v) is 10.00. The fourth-order valence-electron chi connectivity index (χ4n) is 4.59. The van der Waals surface area contributed by atoms with Crippen LogP contribution in [0.2, 0.25) is 0 Å². The highest BCUT2D eigenvalue weighted by molar-refractivity contribution is 5.14. The van der Waals surface area contributed by atoms with Gasteiger partial charge in [-0.25, -0.2) is 8.78 Å². The van der Waals surface area contributed by atoms with E-state index in [1.165, 1.54) is 44.1 Å². The highest BCUT2D eigenvalue weighted by Crippen LogP contribution is 2.41. The van der Waals surface area contributed by atoms with Crippen LogP contribution in [0.25, 0.3) is 0 Å². The van der Waals surface area contributed by atoms with E-state index in [4.69, 9.17) is 0 Å². The van der Waals surface area contributed by atoms with Gasteiger partial charge in [-0.05, 0) is 49.9 Å². The first-order valence-electron chi connectivity index (χ1n) is 10.00. The lowest BCUT2D eigenvalue weighted by Crippen LogP contribution is -2.38. The molecular weight excluding hydrogens is 290 g/mol. The van der Waals surface area contributed by atoms with Crippen molar-refractivity contribution < 1.29 is 8.78 Å². The molecule has 0 spiro atoms. The minimum absolute atomic E-state index is 0.108. The highest BCUT2D eigenvalue weighted by atomic mass is 19.2. The summed E-state index contributed by atoms with van der Waals surface area (Å²) >= 11 is 0. The van der Waals surface area contributed by atoms with Crippen LogP contribution >= 0.6 is 0 Å². The molecule has 6 atom stereocenters. The molecule has 0 heterocycles. The molecule has 2 rings (SSSR count). The number of rotatable bonds is 7. The molecule has 0 aliphatic heterocycles. The van der Waals surface area contributed by atoms with E-state index in [1.807, 2.05) is 6.92 Å². The van der Waals surface area contributed by atoms with Crippen molar-refractivity contribution in [3.05, 3.63) is 11.6 Å². The van der Waals surface area contributed by atoms with Gasteiger partial charge in [0.05, 0.1) is 0 Å². The van der Waals surface area contributed by atoms with Gasteiger partial charge < -0.3 is 0 Å². The topological polar surface area (TPSA) is 0 Å². The summed E-state index contributed by atoms with van der Waals surface area (Å²) in [7, 11) is 0. The van der Waals surface area contributed by atoms with Gasteiger partial charge >= 0.3 is 0 Å². The minimum Gasteiger partial charge on any atom is -0.244 e. The quantitative estimate of drug-likeness (QED) is 0.440. The van der Waals surface area contributed by atoms with Crippen LogP contribution in [0, 0.1) is 23.7 Å². The van der Waals surface area contributed by atoms with Gasteiger partial charge in [-0.3, -0.25) is 0 Å². The molecule has 0 aromatic rings. The van der Waals surface area contributed by atoms with E-state index >= 15 is 0 Å². The zero-order valence-electron chi connectivity index (χ0n) is 15.4. The van der Waals surface area contributed by atoms with E-state index in [-0.39, 0.29) is 11.8 Å². The maximum absolute atomic E-state index is 14.3. The highest BCUT2D eigenvalue weighted by Gasteiger charge is 2.39. The van der Waals surface area contributed by atoms with Crippen molar-refractivity contribution in [3.8, 4) is 0 Å². The second-order valence-corrected chi connectivity index (χ2v) is 8.29. The lowest BCUT2D eigenvalue weighted by molar-refractivity contribution is 0.0407. The molecule has 2 aliphatic carbocycles. The van der Waals surface area contributed by atoms with Crippen LogP contribution in [0.5, 0.6) is 0 Å². The lowest BCUT2D eigenvalue weighted by Gasteiger charge is -2.36. The first kappa shape index (κ1) is 18.9. The zero-order valence-corrected chi connectivity index (χ0v) is 15.4. The van der Waals surface area contributed by atoms with Crippen molar-refractivity contribution in [1.82, 2.24) is 0 Å². The first-order chi connectivity index (χ1) is 11.0. The predicted molar refractivity (Wildman–Crippen MR) is 95.0 cm³/mol. The van der Waals surface area contributed by atoms with Gasteiger partial charge in [0.25, 0.3) is 0 Å². The van der Waals surface area contributed by atoms with Crippen LogP contribution in [0.15, 0.2) is 11.6 Å². The van der Waals surface area contributed by atoms with E-state index in [1.54, 1.807) is 0 Å². The van der Waals surface area contributed by atoms with Gasteiger partial charge in [-0.1, -0.05) is 64.5 Å². The number of alkyl halides is 2. The van der Waals surface area contributed by atoms with Crippen LogP contribution in [0.3, 0.4) is 0 Å². The molecule has 1 fully saturated rings. The van der Waals surface area contributed by atoms with Crippen LogP contribution in [0.1, 0.15) is 85.0 Å². The van der Waals surface area contributed by atoms with Crippen molar-refractivity contribution in [2.45, 2.75) is 97.3 Å². The van der Waals surface area contributed by atoms with E-state index in [2.05, 4.69) is 19.9 Å². The lowest BCUT2D eigenvalue weighted by atomic mass is 9.72. The summed E-state index contributed by atoms with van der Waals surface area (Å²) < 4.78 is 28.3. The fourth-order valence-corrected chi connectivity index (χ4v) is 4.59. The Morgan fingerprint density at radius 2 is 1.91 bits per heavy atom. The van der Waals surface area contributed by atoms with Crippen molar-refractivity contribution in [3.63, 3.8) is 0 Å². The van der Waals surface area contributed by atoms with Crippen LogP contribution < -0.4 is 0 Å². The molecular formula is C21H36F2. The summed E-state index contributed by atoms with van der Waals surface area (Å²) in [6.07, 6.45) is 11.3. The zero-order chi connectivity index (χ0) is 16.8. The Bertz CT molecular complexity index is 376. The molecule has 23 heavy (non-hydrogen) atoms. The standard InChI is InChI=1S/C21H36F2/c1-4-6-15(2)7-5-8-17-10-12-18(13-11-17)19-14-9-16(3)20(22)21(19)23/h12,15-17,19-21H,4-11,13-14H2,1-3H3/t15?,16?,17-,19?,20?,21?/m0/s1. The summed E-state index contributed by atoms with van der Waals surface area (Å²) in [5, 5.41) is 0. The van der Waals surface area contributed by atoms with Gasteiger partial charge in [-0.2, -0.15) is 0 Å². The maximum Gasteiger partial charge on any atom is 0.138 e. The average Bonchev–Trinajstić information content (AvgIpc) is 2.54. The predicted octanol–water partition coefficient (Wildman–Crippen LogP) is 7.04. The van der Waals surface area contributed by atoms with Gasteiger partial charge in [0.1, 0.15) is 12.3 Å². The molecule has 0 radical (unpaired) electrons. The summed E-state index contributed by atoms with van der Waals surface area (Å²) in [5.41, 5.74) is 1.22. The number of hydrogen-bond acceptors (Lipinski definition) is 0. The Hall–Kier alpha value is -0.400. The minimum atomic E-state index is -1.27. The van der Waals surface area contributed by atoms with Crippen LogP contribution in [0.4, 0.5) is 8.78 Å². The Morgan fingerprint density at radius 3 is 2.57 bits per heavy atom. The molecule has 2 heteroatoms. The third kappa shape index (κ3) is 5.29. The third-order valence-electron chi connectivity index (χ3n) is 6.29. The van der Waals surface area contributed by atoms with Crippen molar-refractivity contribution in [2.24, 2.45) is 23.7 Å². The summed E-state index contributed by atoms with van der Waals surface area (Å²) in [6, 6.07) is 0. The van der Waals surface area contributed by atoms with E-state index in [0.717, 1.165) is 37.5 Å². The third-order valence-corrected chi connectivity index (χ3v) is 6.29. The summed E-state index contributed by atoms with van der Waals surface area (Å²) in [6.45, 7) is 6.47. The van der Waals surface area contributed by atoms with Gasteiger partial charge in [-0.15, -0.1) is 0 Å². The van der Waals surface area contributed by atoms with Crippen LogP contribution in [-0.2, 0) is 0 Å². The van der Waals surface area contributed by atoms with Gasteiger partial charge in [0.2, 0.25) is 0 Å². The van der Waals surface area contributed by atoms with Gasteiger partial charge in [0.15, 0.2) is 0 Å². The second kappa shape index (κ2) is 9.18. The normalized spacial score (nSPS) is 36.6. The molecule has 0 saturated heterocycles. The molecule has 2 aliphatic rings. The number of hydrogen-bond donors (Lipinski definition) is 0. The van der Waals surface area contributed by atoms with Crippen molar-refractivity contribution in [1.29, 1.82) is 0 Å². The fraction of sp³-hybridized carbons (Fsp3) is 0.905. The second-order valence-electron chi connectivity index (χ2n) is 8.29. The summed E-state index contributed by atoms with van der Waals surface area (Å²) in [4.78, 5) is 0. The van der Waals surface area contributed by atoms with E-state index < -0.39 is 12.3 Å². The Kier molecular flexibility index (Phi) is 7.56. The molecule has 1 saturated carbocycles. The largest absolute Gasteiger partial charge is 0.244 e.